The molecule has 1 heterocycles. The van der Waals surface area contributed by atoms with E-state index in [-0.39, 0.29) is 5.54 Å². The Kier molecular flexibility index (Phi) is 3.09. The average Bonchev–Trinajstić information content (AvgIpc) is 2.09. The molecule has 0 atom stereocenters. The fourth-order valence-electron chi connectivity index (χ4n) is 0.814. The minimum atomic E-state index is 0.0119. The number of rotatable bonds is 3. The Morgan fingerprint density at radius 3 is 2.77 bits per heavy atom. The molecule has 0 bridgehead atoms. The SMILES string of the molecule is CCC(C)(C)Nc1ncncc1Cl. The van der Waals surface area contributed by atoms with E-state index in [0.29, 0.717) is 10.8 Å². The monoisotopic (exact) mass is 199 g/mol. The molecule has 0 aliphatic carbocycles. The Balaban J connectivity index is 2.80. The molecule has 72 valence electrons. The maximum atomic E-state index is 5.90. The summed E-state index contributed by atoms with van der Waals surface area (Å²) in [6.07, 6.45) is 4.08. The van der Waals surface area contributed by atoms with Crippen LogP contribution >= 0.6 is 11.6 Å². The average molecular weight is 200 g/mol. The zero-order valence-electron chi connectivity index (χ0n) is 8.13. The molecule has 0 unspecified atom stereocenters. The highest BCUT2D eigenvalue weighted by Crippen LogP contribution is 2.21. The number of halogens is 1. The van der Waals surface area contributed by atoms with Gasteiger partial charge in [0, 0.05) is 5.54 Å². The van der Waals surface area contributed by atoms with E-state index in [9.17, 15) is 0 Å². The molecule has 0 radical (unpaired) electrons. The summed E-state index contributed by atoms with van der Waals surface area (Å²) in [6.45, 7) is 6.32. The Morgan fingerprint density at radius 1 is 1.54 bits per heavy atom. The molecule has 4 heteroatoms. The lowest BCUT2D eigenvalue weighted by atomic mass is 10.0. The van der Waals surface area contributed by atoms with Gasteiger partial charge in [-0.05, 0) is 20.3 Å². The van der Waals surface area contributed by atoms with Crippen molar-refractivity contribution in [2.24, 2.45) is 0 Å². The standard InChI is InChI=1S/C9H14ClN3/c1-4-9(2,3)13-8-7(10)5-11-6-12-8/h5-6H,4H2,1-3H3,(H,11,12,13). The van der Waals surface area contributed by atoms with Gasteiger partial charge in [0.15, 0.2) is 0 Å². The van der Waals surface area contributed by atoms with Gasteiger partial charge < -0.3 is 5.32 Å². The first-order valence-electron chi connectivity index (χ1n) is 4.29. The Hall–Kier alpha value is -0.830. The lowest BCUT2D eigenvalue weighted by Gasteiger charge is -2.25. The maximum absolute atomic E-state index is 5.90. The molecule has 0 saturated carbocycles. The summed E-state index contributed by atoms with van der Waals surface area (Å²) in [5, 5.41) is 3.81. The molecule has 3 nitrogen and oxygen atoms in total. The summed E-state index contributed by atoms with van der Waals surface area (Å²) in [5.74, 6) is 0.698. The molecule has 0 saturated heterocycles. The van der Waals surface area contributed by atoms with E-state index in [0.717, 1.165) is 6.42 Å². The van der Waals surface area contributed by atoms with Crippen LogP contribution in [0.15, 0.2) is 12.5 Å². The largest absolute Gasteiger partial charge is 0.364 e. The molecular weight excluding hydrogens is 186 g/mol. The highest BCUT2D eigenvalue weighted by atomic mass is 35.5. The molecule has 1 aromatic heterocycles. The lowest BCUT2D eigenvalue weighted by molar-refractivity contribution is 0.545. The molecule has 1 N–H and O–H groups in total. The molecule has 0 aliphatic heterocycles. The molecule has 1 rings (SSSR count). The Labute approximate surface area is 83.5 Å². The van der Waals surface area contributed by atoms with Crippen molar-refractivity contribution >= 4 is 17.4 Å². The van der Waals surface area contributed by atoms with E-state index >= 15 is 0 Å². The van der Waals surface area contributed by atoms with Gasteiger partial charge in [0.1, 0.15) is 17.2 Å². The van der Waals surface area contributed by atoms with Crippen LogP contribution in [0.5, 0.6) is 0 Å². The van der Waals surface area contributed by atoms with Gasteiger partial charge in [-0.2, -0.15) is 0 Å². The summed E-state index contributed by atoms with van der Waals surface area (Å²) < 4.78 is 0. The highest BCUT2D eigenvalue weighted by molar-refractivity contribution is 6.32. The molecule has 0 amide bonds. The third-order valence-electron chi connectivity index (χ3n) is 2.01. The molecule has 13 heavy (non-hydrogen) atoms. The number of nitrogens with one attached hydrogen (secondary N) is 1. The third-order valence-corrected chi connectivity index (χ3v) is 2.28. The second-order valence-electron chi connectivity index (χ2n) is 3.58. The van der Waals surface area contributed by atoms with Crippen LogP contribution in [-0.2, 0) is 0 Å². The van der Waals surface area contributed by atoms with Gasteiger partial charge in [0.25, 0.3) is 0 Å². The molecule has 0 aromatic carbocycles. The van der Waals surface area contributed by atoms with Gasteiger partial charge in [-0.15, -0.1) is 0 Å². The van der Waals surface area contributed by atoms with Gasteiger partial charge in [-0.1, -0.05) is 18.5 Å². The smallest absolute Gasteiger partial charge is 0.148 e. The molecule has 0 aliphatic rings. The van der Waals surface area contributed by atoms with E-state index in [4.69, 9.17) is 11.6 Å². The van der Waals surface area contributed by atoms with E-state index in [1.165, 1.54) is 6.33 Å². The first-order chi connectivity index (χ1) is 6.05. The number of nitrogens with zero attached hydrogens (tertiary/aromatic N) is 2. The summed E-state index contributed by atoms with van der Waals surface area (Å²) in [6, 6.07) is 0. The normalized spacial score (nSPS) is 11.4. The van der Waals surface area contributed by atoms with Crippen LogP contribution < -0.4 is 5.32 Å². The van der Waals surface area contributed by atoms with Crippen LogP contribution in [-0.4, -0.2) is 15.5 Å². The predicted molar refractivity (Wildman–Crippen MR) is 55.0 cm³/mol. The van der Waals surface area contributed by atoms with Crippen molar-refractivity contribution in [3.8, 4) is 0 Å². The van der Waals surface area contributed by atoms with Gasteiger partial charge in [-0.3, -0.25) is 0 Å². The zero-order chi connectivity index (χ0) is 9.90. The number of hydrogen-bond acceptors (Lipinski definition) is 3. The van der Waals surface area contributed by atoms with Crippen LogP contribution in [0, 0.1) is 0 Å². The second kappa shape index (κ2) is 3.92. The van der Waals surface area contributed by atoms with Gasteiger partial charge in [0.05, 0.1) is 6.20 Å². The van der Waals surface area contributed by atoms with Crippen molar-refractivity contribution < 1.29 is 0 Å². The predicted octanol–water partition coefficient (Wildman–Crippen LogP) is 2.73. The van der Waals surface area contributed by atoms with Crippen LogP contribution in [0.2, 0.25) is 5.02 Å². The van der Waals surface area contributed by atoms with Crippen molar-refractivity contribution in [3.05, 3.63) is 17.5 Å². The minimum Gasteiger partial charge on any atom is -0.364 e. The molecular formula is C9H14ClN3. The number of aromatic nitrogens is 2. The van der Waals surface area contributed by atoms with Gasteiger partial charge in [-0.25, -0.2) is 9.97 Å². The van der Waals surface area contributed by atoms with Gasteiger partial charge >= 0.3 is 0 Å². The highest BCUT2D eigenvalue weighted by Gasteiger charge is 2.16. The fourth-order valence-corrected chi connectivity index (χ4v) is 0.966. The Bertz CT molecular complexity index is 286. The van der Waals surface area contributed by atoms with Crippen molar-refractivity contribution in [1.29, 1.82) is 0 Å². The molecule has 1 aromatic rings. The first-order valence-corrected chi connectivity index (χ1v) is 4.66. The molecule has 0 fully saturated rings. The van der Waals surface area contributed by atoms with Crippen LogP contribution in [0.4, 0.5) is 5.82 Å². The van der Waals surface area contributed by atoms with Crippen molar-refractivity contribution in [1.82, 2.24) is 9.97 Å². The number of anilines is 1. The summed E-state index contributed by atoms with van der Waals surface area (Å²) in [4.78, 5) is 7.87. The Morgan fingerprint density at radius 2 is 2.23 bits per heavy atom. The first kappa shape index (κ1) is 10.3. The van der Waals surface area contributed by atoms with Gasteiger partial charge in [0.2, 0.25) is 0 Å². The summed E-state index contributed by atoms with van der Waals surface area (Å²) in [7, 11) is 0. The lowest BCUT2D eigenvalue weighted by Crippen LogP contribution is -2.30. The van der Waals surface area contributed by atoms with Crippen LogP contribution in [0.25, 0.3) is 0 Å². The maximum Gasteiger partial charge on any atom is 0.148 e. The van der Waals surface area contributed by atoms with Crippen molar-refractivity contribution in [2.75, 3.05) is 5.32 Å². The fraction of sp³-hybridized carbons (Fsp3) is 0.556. The van der Waals surface area contributed by atoms with Crippen molar-refractivity contribution in [2.45, 2.75) is 32.7 Å². The third kappa shape index (κ3) is 2.84. The summed E-state index contributed by atoms with van der Waals surface area (Å²) >= 11 is 5.90. The van der Waals surface area contributed by atoms with Crippen molar-refractivity contribution in [3.63, 3.8) is 0 Å². The molecule has 0 spiro atoms. The van der Waals surface area contributed by atoms with E-state index in [1.807, 2.05) is 0 Å². The minimum absolute atomic E-state index is 0.0119. The van der Waals surface area contributed by atoms with E-state index < -0.39 is 0 Å². The van der Waals surface area contributed by atoms with Crippen LogP contribution in [0.1, 0.15) is 27.2 Å². The van der Waals surface area contributed by atoms with E-state index in [2.05, 4.69) is 36.1 Å². The van der Waals surface area contributed by atoms with Crippen LogP contribution in [0.3, 0.4) is 0 Å². The zero-order valence-corrected chi connectivity index (χ0v) is 8.89. The quantitative estimate of drug-likeness (QED) is 0.814. The number of hydrogen-bond donors (Lipinski definition) is 1. The second-order valence-corrected chi connectivity index (χ2v) is 3.99. The summed E-state index contributed by atoms with van der Waals surface area (Å²) in [5.41, 5.74) is 0.0119. The topological polar surface area (TPSA) is 37.8 Å². The van der Waals surface area contributed by atoms with E-state index in [1.54, 1.807) is 6.20 Å².